The van der Waals surface area contributed by atoms with Crippen LogP contribution in [0.25, 0.3) is 0 Å². The van der Waals surface area contributed by atoms with Crippen LogP contribution in [0.4, 0.5) is 0 Å². The first-order valence-corrected chi connectivity index (χ1v) is 12.2. The summed E-state index contributed by atoms with van der Waals surface area (Å²) in [5, 5.41) is 16.5. The molecule has 0 radical (unpaired) electrons. The Morgan fingerprint density at radius 3 is 2.59 bits per heavy atom. The summed E-state index contributed by atoms with van der Waals surface area (Å²) in [6, 6.07) is 5.00. The average Bonchev–Trinajstić information content (AvgIpc) is 2.80. The van der Waals surface area contributed by atoms with Crippen LogP contribution in [0.2, 0.25) is 10.0 Å². The number of aliphatic hydroxyl groups is 1. The molecule has 3 rings (SSSR count). The highest BCUT2D eigenvalue weighted by atomic mass is 35.5. The summed E-state index contributed by atoms with van der Waals surface area (Å²) >= 11 is 11.9. The molecule has 178 valence electrons. The lowest BCUT2D eigenvalue weighted by Gasteiger charge is -2.36. The smallest absolute Gasteiger partial charge is 0.222 e. The summed E-state index contributed by atoms with van der Waals surface area (Å²) in [6.07, 6.45) is 4.86. The fraction of sp³-hybridized carbons (Fsp3) is 0.652. The molecule has 3 N–H and O–H groups in total. The molecule has 0 unspecified atom stereocenters. The highest BCUT2D eigenvalue weighted by molar-refractivity contribution is 6.42. The zero-order valence-electron chi connectivity index (χ0n) is 18.3. The molecule has 2 aliphatic rings. The quantitative estimate of drug-likeness (QED) is 0.500. The van der Waals surface area contributed by atoms with E-state index in [0.717, 1.165) is 25.2 Å². The van der Waals surface area contributed by atoms with Crippen molar-refractivity contribution in [1.82, 2.24) is 15.5 Å². The average molecular weight is 486 g/mol. The van der Waals surface area contributed by atoms with Gasteiger partial charge in [0.2, 0.25) is 11.8 Å². The topological polar surface area (TPSA) is 90.9 Å². The summed E-state index contributed by atoms with van der Waals surface area (Å²) in [7, 11) is 0. The predicted molar refractivity (Wildman–Crippen MR) is 125 cm³/mol. The van der Waals surface area contributed by atoms with Gasteiger partial charge in [0, 0.05) is 19.5 Å². The van der Waals surface area contributed by atoms with Crippen molar-refractivity contribution in [2.24, 2.45) is 0 Å². The maximum atomic E-state index is 12.4. The minimum absolute atomic E-state index is 0.0135. The molecule has 0 spiro atoms. The van der Waals surface area contributed by atoms with Gasteiger partial charge in [-0.25, -0.2) is 0 Å². The van der Waals surface area contributed by atoms with Gasteiger partial charge in [-0.1, -0.05) is 35.7 Å². The number of piperidine rings is 1. The molecule has 0 saturated carbocycles. The Morgan fingerprint density at radius 1 is 1.09 bits per heavy atom. The Labute approximate surface area is 199 Å². The van der Waals surface area contributed by atoms with Crippen molar-refractivity contribution in [3.8, 4) is 0 Å². The number of hydrogen-bond acceptors (Lipinski definition) is 5. The van der Waals surface area contributed by atoms with E-state index in [1.54, 1.807) is 12.1 Å². The summed E-state index contributed by atoms with van der Waals surface area (Å²) in [6.45, 7) is 3.05. The van der Waals surface area contributed by atoms with Crippen LogP contribution in [0.3, 0.4) is 0 Å². The molecule has 32 heavy (non-hydrogen) atoms. The number of nitrogens with one attached hydrogen (secondary N) is 2. The Balaban J connectivity index is 1.38. The largest absolute Gasteiger partial charge is 0.394 e. The van der Waals surface area contributed by atoms with Crippen molar-refractivity contribution in [2.75, 3.05) is 26.2 Å². The molecule has 2 amide bonds. The highest BCUT2D eigenvalue weighted by Crippen LogP contribution is 2.24. The molecule has 2 saturated heterocycles. The van der Waals surface area contributed by atoms with Gasteiger partial charge in [0.25, 0.3) is 0 Å². The van der Waals surface area contributed by atoms with Crippen molar-refractivity contribution < 1.29 is 19.4 Å². The number of likely N-dealkylation sites (tertiary alicyclic amines) is 1. The molecule has 7 nitrogen and oxygen atoms in total. The second kappa shape index (κ2) is 12.8. The SMILES string of the molecule is O=C(C[C@H]1CC[C@H](NC(=O)CCN2CCCCC2)[C@@H](CO)O1)NCc1ccc(Cl)c(Cl)c1. The Morgan fingerprint density at radius 2 is 1.88 bits per heavy atom. The molecule has 9 heteroatoms. The first kappa shape index (κ1) is 25.2. The molecule has 2 heterocycles. The summed E-state index contributed by atoms with van der Waals surface area (Å²) in [5.74, 6) is -0.151. The van der Waals surface area contributed by atoms with Gasteiger partial charge in [0.05, 0.1) is 35.2 Å². The second-order valence-corrected chi connectivity index (χ2v) is 9.43. The van der Waals surface area contributed by atoms with E-state index in [-0.39, 0.29) is 37.0 Å². The number of carbonyl (C=O) groups excluding carboxylic acids is 2. The van der Waals surface area contributed by atoms with E-state index in [2.05, 4.69) is 15.5 Å². The van der Waals surface area contributed by atoms with Crippen LogP contribution in [0.5, 0.6) is 0 Å². The molecule has 1 aromatic carbocycles. The monoisotopic (exact) mass is 485 g/mol. The fourth-order valence-electron chi connectivity index (χ4n) is 4.30. The summed E-state index contributed by atoms with van der Waals surface area (Å²) < 4.78 is 5.93. The Hall–Kier alpha value is -1.38. The predicted octanol–water partition coefficient (Wildman–Crippen LogP) is 2.90. The van der Waals surface area contributed by atoms with Crippen LogP contribution < -0.4 is 10.6 Å². The minimum Gasteiger partial charge on any atom is -0.394 e. The number of benzene rings is 1. The second-order valence-electron chi connectivity index (χ2n) is 8.61. The van der Waals surface area contributed by atoms with E-state index in [9.17, 15) is 14.7 Å². The van der Waals surface area contributed by atoms with Crippen molar-refractivity contribution in [3.63, 3.8) is 0 Å². The maximum absolute atomic E-state index is 12.4. The highest BCUT2D eigenvalue weighted by Gasteiger charge is 2.32. The van der Waals surface area contributed by atoms with Crippen LogP contribution >= 0.6 is 23.2 Å². The molecular formula is C23H33Cl2N3O4. The van der Waals surface area contributed by atoms with Gasteiger partial charge in [-0.15, -0.1) is 0 Å². The van der Waals surface area contributed by atoms with Gasteiger partial charge >= 0.3 is 0 Å². The third-order valence-electron chi connectivity index (χ3n) is 6.13. The number of carbonyl (C=O) groups is 2. The van der Waals surface area contributed by atoms with Crippen molar-refractivity contribution in [2.45, 2.75) is 69.7 Å². The Bertz CT molecular complexity index is 774. The van der Waals surface area contributed by atoms with E-state index in [4.69, 9.17) is 27.9 Å². The van der Waals surface area contributed by atoms with Crippen LogP contribution in [0.15, 0.2) is 18.2 Å². The standard InChI is InChI=1S/C23H33Cl2N3O4/c24-18-6-4-16(12-19(18)25)14-26-23(31)13-17-5-7-20(21(15-29)32-17)27-22(30)8-11-28-9-2-1-3-10-28/h4,6,12,17,20-21,29H,1-3,5,7-11,13-15H2,(H,26,31)(H,27,30)/t17-,20+,21-/m1/s1. The van der Waals surface area contributed by atoms with Gasteiger partial charge in [-0.05, 0) is 56.5 Å². The third-order valence-corrected chi connectivity index (χ3v) is 6.87. The molecule has 0 aromatic heterocycles. The summed E-state index contributed by atoms with van der Waals surface area (Å²) in [4.78, 5) is 27.1. The first-order chi connectivity index (χ1) is 15.4. The number of aliphatic hydroxyl groups excluding tert-OH is 1. The van der Waals surface area contributed by atoms with Gasteiger partial charge in [0.15, 0.2) is 0 Å². The van der Waals surface area contributed by atoms with Crippen LogP contribution in [0.1, 0.15) is 50.5 Å². The zero-order chi connectivity index (χ0) is 22.9. The molecular weight excluding hydrogens is 453 g/mol. The number of ether oxygens (including phenoxy) is 1. The lowest BCUT2D eigenvalue weighted by atomic mass is 9.96. The van der Waals surface area contributed by atoms with E-state index in [1.165, 1.54) is 19.3 Å². The van der Waals surface area contributed by atoms with E-state index < -0.39 is 6.10 Å². The number of amides is 2. The normalized spacial score (nSPS) is 24.2. The first-order valence-electron chi connectivity index (χ1n) is 11.4. The number of nitrogens with zero attached hydrogens (tertiary/aromatic N) is 1. The molecule has 3 atom stereocenters. The van der Waals surface area contributed by atoms with E-state index >= 15 is 0 Å². The maximum Gasteiger partial charge on any atom is 0.222 e. The van der Waals surface area contributed by atoms with Gasteiger partial charge in [0.1, 0.15) is 6.10 Å². The number of rotatable bonds is 9. The van der Waals surface area contributed by atoms with E-state index in [1.807, 2.05) is 6.07 Å². The van der Waals surface area contributed by atoms with Crippen molar-refractivity contribution >= 4 is 35.0 Å². The number of hydrogen-bond donors (Lipinski definition) is 3. The fourth-order valence-corrected chi connectivity index (χ4v) is 4.62. The lowest BCUT2D eigenvalue weighted by molar-refractivity contribution is -0.136. The lowest BCUT2D eigenvalue weighted by Crippen LogP contribution is -2.51. The van der Waals surface area contributed by atoms with Crippen LogP contribution in [-0.4, -0.2) is 66.3 Å². The van der Waals surface area contributed by atoms with Crippen LogP contribution in [-0.2, 0) is 20.9 Å². The van der Waals surface area contributed by atoms with E-state index in [0.29, 0.717) is 35.9 Å². The summed E-state index contributed by atoms with van der Waals surface area (Å²) in [5.41, 5.74) is 0.859. The van der Waals surface area contributed by atoms with Gasteiger partial charge < -0.3 is 25.4 Å². The third kappa shape index (κ3) is 7.89. The zero-order valence-corrected chi connectivity index (χ0v) is 19.8. The van der Waals surface area contributed by atoms with Crippen molar-refractivity contribution in [3.05, 3.63) is 33.8 Å². The van der Waals surface area contributed by atoms with Crippen molar-refractivity contribution in [1.29, 1.82) is 0 Å². The van der Waals surface area contributed by atoms with Gasteiger partial charge in [-0.2, -0.15) is 0 Å². The van der Waals surface area contributed by atoms with Crippen LogP contribution in [0, 0.1) is 0 Å². The van der Waals surface area contributed by atoms with Gasteiger partial charge in [-0.3, -0.25) is 9.59 Å². The minimum atomic E-state index is -0.504. The molecule has 1 aromatic rings. The Kier molecular flexibility index (Phi) is 10.1. The number of halogens is 2. The molecule has 0 bridgehead atoms. The molecule has 2 fully saturated rings. The molecule has 2 aliphatic heterocycles. The molecule has 0 aliphatic carbocycles.